The predicted molar refractivity (Wildman–Crippen MR) is 257 cm³/mol. The van der Waals surface area contributed by atoms with Crippen LogP contribution in [-0.2, 0) is 27.1 Å². The van der Waals surface area contributed by atoms with Crippen LogP contribution in [0.3, 0.4) is 0 Å². The molecule has 0 aliphatic carbocycles. The van der Waals surface area contributed by atoms with Crippen LogP contribution >= 0.6 is 11.6 Å². The summed E-state index contributed by atoms with van der Waals surface area (Å²) in [7, 11) is 3.33. The van der Waals surface area contributed by atoms with Crippen LogP contribution in [0.15, 0.2) is 97.4 Å². The molecule has 0 amide bonds. The number of allylic oxidation sites excluding steroid dienone is 2. The average molecular weight is 834 g/mol. The lowest BCUT2D eigenvalue weighted by atomic mass is 10.0. The zero-order valence-corrected chi connectivity index (χ0v) is 40.6. The number of carbonyl (C=O) groups excluding carboxylic acids is 1. The molecule has 2 aromatic rings. The zero-order chi connectivity index (χ0) is 45.7. The second kappa shape index (κ2) is 48.0. The van der Waals surface area contributed by atoms with Gasteiger partial charge in [-0.05, 0) is 75.3 Å². The Morgan fingerprint density at radius 3 is 1.83 bits per heavy atom. The van der Waals surface area contributed by atoms with E-state index in [1.165, 1.54) is 12.0 Å². The highest BCUT2D eigenvalue weighted by molar-refractivity contribution is 6.32. The Labute approximate surface area is 363 Å². The van der Waals surface area contributed by atoms with E-state index in [2.05, 4.69) is 109 Å². The Morgan fingerprint density at radius 2 is 1.47 bits per heavy atom. The third kappa shape index (κ3) is 42.3. The summed E-state index contributed by atoms with van der Waals surface area (Å²) in [6, 6.07) is 16.3. The van der Waals surface area contributed by atoms with Crippen molar-refractivity contribution in [2.75, 3.05) is 40.6 Å². The molecule has 1 unspecified atom stereocenters. The highest BCUT2D eigenvalue weighted by Gasteiger charge is 2.14. The number of rotatable bonds is 20. The van der Waals surface area contributed by atoms with Crippen LogP contribution in [0, 0.1) is 11.8 Å². The van der Waals surface area contributed by atoms with Crippen molar-refractivity contribution >= 4 is 17.9 Å². The minimum Gasteiger partial charge on any atom is -0.495 e. The van der Waals surface area contributed by atoms with Crippen LogP contribution in [0.4, 0.5) is 0 Å². The molecule has 0 heterocycles. The number of benzene rings is 2. The van der Waals surface area contributed by atoms with Gasteiger partial charge in [-0.1, -0.05) is 162 Å². The number of likely N-dealkylation sites (N-methyl/N-ethyl adjacent to an activating group) is 1. The molecular formula is C50H89ClN2O5. The number of halogens is 1. The Balaban J connectivity index is -0.000000223. The van der Waals surface area contributed by atoms with Crippen molar-refractivity contribution in [3.05, 3.63) is 114 Å². The van der Waals surface area contributed by atoms with E-state index >= 15 is 0 Å². The van der Waals surface area contributed by atoms with Crippen molar-refractivity contribution in [3.8, 4) is 5.75 Å². The molecule has 0 saturated heterocycles. The smallest absolute Gasteiger partial charge is 0.137 e. The molecular weight excluding hydrogens is 744 g/mol. The first-order valence-electron chi connectivity index (χ1n) is 21.4. The molecule has 0 aliphatic heterocycles. The first-order chi connectivity index (χ1) is 27.7. The van der Waals surface area contributed by atoms with Gasteiger partial charge in [-0.25, -0.2) is 0 Å². The first-order valence-corrected chi connectivity index (χ1v) is 21.8. The van der Waals surface area contributed by atoms with Gasteiger partial charge in [-0.3, -0.25) is 0 Å². The highest BCUT2D eigenvalue weighted by atomic mass is 35.5. The number of hydrogen-bond donors (Lipinski definition) is 3. The van der Waals surface area contributed by atoms with Crippen LogP contribution in [0.2, 0.25) is 5.02 Å². The predicted octanol–water partition coefficient (Wildman–Crippen LogP) is 13.0. The summed E-state index contributed by atoms with van der Waals surface area (Å²) in [5.41, 5.74) is 5.43. The van der Waals surface area contributed by atoms with Crippen molar-refractivity contribution in [3.63, 3.8) is 0 Å². The van der Waals surface area contributed by atoms with E-state index in [-0.39, 0.29) is 30.6 Å². The summed E-state index contributed by atoms with van der Waals surface area (Å²) in [6.07, 6.45) is 11.3. The number of aliphatic hydroxyl groups excluding tert-OH is 1. The third-order valence-corrected chi connectivity index (χ3v) is 7.76. The van der Waals surface area contributed by atoms with Crippen molar-refractivity contribution in [1.82, 2.24) is 10.6 Å². The number of aryl methyl sites for hydroxylation is 1. The summed E-state index contributed by atoms with van der Waals surface area (Å²) in [5.74, 6) is 1.09. The number of hydrogen-bond acceptors (Lipinski definition) is 7. The molecule has 7 nitrogen and oxygen atoms in total. The molecule has 336 valence electrons. The summed E-state index contributed by atoms with van der Waals surface area (Å²) in [5, 5.41) is 16.1. The van der Waals surface area contributed by atoms with E-state index in [0.717, 1.165) is 74.1 Å². The van der Waals surface area contributed by atoms with Crippen molar-refractivity contribution in [2.24, 2.45) is 11.8 Å². The van der Waals surface area contributed by atoms with Gasteiger partial charge in [0.15, 0.2) is 0 Å². The van der Waals surface area contributed by atoms with Crippen LogP contribution < -0.4 is 15.4 Å². The molecule has 8 heteroatoms. The third-order valence-electron chi connectivity index (χ3n) is 7.47. The van der Waals surface area contributed by atoms with Gasteiger partial charge >= 0.3 is 0 Å². The lowest BCUT2D eigenvalue weighted by Gasteiger charge is -2.23. The number of methoxy groups -OCH3 is 2. The van der Waals surface area contributed by atoms with Crippen LogP contribution in [0.1, 0.15) is 127 Å². The molecule has 0 bridgehead atoms. The Hall–Kier alpha value is -3.36. The quantitative estimate of drug-likeness (QED) is 0.0695. The van der Waals surface area contributed by atoms with Gasteiger partial charge in [0.1, 0.15) is 12.0 Å². The molecule has 2 aromatic carbocycles. The van der Waals surface area contributed by atoms with Gasteiger partial charge < -0.3 is 34.7 Å². The van der Waals surface area contributed by atoms with Crippen LogP contribution in [-0.4, -0.2) is 64.1 Å². The number of aldehydes is 1. The molecule has 3 atom stereocenters. The number of ether oxygens (including phenoxy) is 3. The normalized spacial score (nSPS) is 11.1. The van der Waals surface area contributed by atoms with E-state index in [1.807, 2.05) is 71.9 Å². The molecule has 0 spiro atoms. The maximum absolute atomic E-state index is 9.50. The van der Waals surface area contributed by atoms with Crippen LogP contribution in [0.25, 0.3) is 0 Å². The standard InChI is InChI=1S/C19H27ClN2O.C10H20O2.C8H10.C4H8O.C4H10O.C3H8.C2H6/c1-6-8-9-14(3)22-18(15(4)21-7-2)13-16-10-11-19(23-5)17(20)12-16;1-5-8(2)7-12-10(4)9(3)6-11;1-2-8-6-4-3-5-7-8;1-4(2)3-5;1-3-4-5-2;1-3-2;1-2/h8-12,18,21-22H,3-4,6-7,13H2,1-2,5H3;9-11H,2,5-7H2,1,3-4H3;3-7H,2H2,1H3;3-4H,1-2H3;3-4H2,1-2H3;3H2,1-2H3;1-2H3/t18-;9?,10-;;;;;/m10...../s1. The molecule has 58 heavy (non-hydrogen) atoms. The SMILES string of the molecule is C=C(C=CCC)N[C@H](Cc1ccc(OC)c(Cl)c1)C(=C)NCC.C=C(CC)CO[C@@H](C)C(C)CO.CC.CC(C)C=O.CCC.CCCOC.CCc1ccccc1. The van der Waals surface area contributed by atoms with E-state index in [1.54, 1.807) is 14.2 Å². The largest absolute Gasteiger partial charge is 0.495 e. The summed E-state index contributed by atoms with van der Waals surface area (Å²) >= 11 is 6.22. The van der Waals surface area contributed by atoms with Gasteiger partial charge in [0, 0.05) is 50.1 Å². The first kappa shape index (κ1) is 63.8. The van der Waals surface area contributed by atoms with Gasteiger partial charge in [0.25, 0.3) is 0 Å². The van der Waals surface area contributed by atoms with E-state index < -0.39 is 0 Å². The molecule has 0 aromatic heterocycles. The van der Waals surface area contributed by atoms with E-state index in [4.69, 9.17) is 30.9 Å². The summed E-state index contributed by atoms with van der Waals surface area (Å²) in [4.78, 5) is 9.50. The number of aliphatic hydroxyl groups is 1. The fourth-order valence-corrected chi connectivity index (χ4v) is 4.08. The van der Waals surface area contributed by atoms with Crippen molar-refractivity contribution in [1.29, 1.82) is 0 Å². The Morgan fingerprint density at radius 1 is 0.897 bits per heavy atom. The summed E-state index contributed by atoms with van der Waals surface area (Å²) in [6.45, 7) is 40.9. The number of nitrogens with one attached hydrogen (secondary N) is 2. The fraction of sp³-hybridized carbons (Fsp3) is 0.580. The van der Waals surface area contributed by atoms with Gasteiger partial charge in [-0.2, -0.15) is 0 Å². The minimum atomic E-state index is 0.0356. The van der Waals surface area contributed by atoms with E-state index in [9.17, 15) is 4.79 Å². The maximum atomic E-state index is 9.50. The molecule has 0 fully saturated rings. The second-order valence-corrected chi connectivity index (χ2v) is 13.9. The van der Waals surface area contributed by atoms with E-state index in [0.29, 0.717) is 17.4 Å². The fourth-order valence-electron chi connectivity index (χ4n) is 3.80. The van der Waals surface area contributed by atoms with Crippen molar-refractivity contribution in [2.45, 2.75) is 141 Å². The van der Waals surface area contributed by atoms with Gasteiger partial charge in [0.2, 0.25) is 0 Å². The topological polar surface area (TPSA) is 89.0 Å². The molecule has 2 rings (SSSR count). The van der Waals surface area contributed by atoms with Gasteiger partial charge in [0.05, 0.1) is 30.9 Å². The molecule has 0 saturated carbocycles. The zero-order valence-electron chi connectivity index (χ0n) is 39.8. The minimum absolute atomic E-state index is 0.0356. The maximum Gasteiger partial charge on any atom is 0.137 e. The Kier molecular flexibility index (Phi) is 52.8. The average Bonchev–Trinajstić information content (AvgIpc) is 3.24. The molecule has 0 aliphatic rings. The number of carbonyl (C=O) groups is 1. The highest BCUT2D eigenvalue weighted by Crippen LogP contribution is 2.26. The van der Waals surface area contributed by atoms with Crippen molar-refractivity contribution < 1.29 is 24.1 Å². The Bertz CT molecular complexity index is 1250. The molecule has 3 N–H and O–H groups in total. The second-order valence-electron chi connectivity index (χ2n) is 13.5. The lowest BCUT2D eigenvalue weighted by molar-refractivity contribution is -0.110. The monoisotopic (exact) mass is 833 g/mol. The lowest BCUT2D eigenvalue weighted by Crippen LogP contribution is -2.36. The van der Waals surface area contributed by atoms with Crippen LogP contribution in [0.5, 0.6) is 5.75 Å². The molecule has 0 radical (unpaired) electrons. The van der Waals surface area contributed by atoms with Gasteiger partial charge in [-0.15, -0.1) is 0 Å². The summed E-state index contributed by atoms with van der Waals surface area (Å²) < 4.78 is 15.4.